The number of ether oxygens (including phenoxy) is 1. The second kappa shape index (κ2) is 9.93. The summed E-state index contributed by atoms with van der Waals surface area (Å²) in [5.74, 6) is 1.25. The normalized spacial score (nSPS) is 10.5. The zero-order chi connectivity index (χ0) is 21.5. The van der Waals surface area contributed by atoms with Crippen molar-refractivity contribution < 1.29 is 14.3 Å². The van der Waals surface area contributed by atoms with E-state index >= 15 is 0 Å². The van der Waals surface area contributed by atoms with Gasteiger partial charge >= 0.3 is 0 Å². The van der Waals surface area contributed by atoms with E-state index in [1.165, 1.54) is 11.8 Å². The number of amides is 2. The van der Waals surface area contributed by atoms with Gasteiger partial charge in [-0.25, -0.2) is 0 Å². The highest BCUT2D eigenvalue weighted by atomic mass is 32.2. The van der Waals surface area contributed by atoms with Crippen LogP contribution in [0.4, 0.5) is 11.4 Å². The van der Waals surface area contributed by atoms with E-state index < -0.39 is 0 Å². The molecule has 2 aromatic carbocycles. The van der Waals surface area contributed by atoms with Crippen molar-refractivity contribution in [3.63, 3.8) is 0 Å². The number of nitrogens with one attached hydrogen (secondary N) is 2. The van der Waals surface area contributed by atoms with Crippen LogP contribution in [0.1, 0.15) is 23.1 Å². The third kappa shape index (κ3) is 5.18. The molecule has 0 atom stereocenters. The van der Waals surface area contributed by atoms with Gasteiger partial charge in [-0.2, -0.15) is 0 Å². The summed E-state index contributed by atoms with van der Waals surface area (Å²) in [6.45, 7) is 2.01. The number of aryl methyl sites for hydroxylation is 1. The largest absolute Gasteiger partial charge is 0.495 e. The first kappa shape index (κ1) is 21.4. The lowest BCUT2D eigenvalue weighted by molar-refractivity contribution is -0.113. The molecule has 2 N–H and O–H groups in total. The number of nitrogens with zero attached hydrogens (tertiary/aromatic N) is 3. The lowest BCUT2D eigenvalue weighted by Crippen LogP contribution is -2.15. The molecule has 0 aliphatic carbocycles. The molecule has 30 heavy (non-hydrogen) atoms. The Balaban J connectivity index is 1.55. The highest BCUT2D eigenvalue weighted by molar-refractivity contribution is 7.99. The van der Waals surface area contributed by atoms with Crippen molar-refractivity contribution in [3.8, 4) is 5.75 Å². The predicted octanol–water partition coefficient (Wildman–Crippen LogP) is 3.37. The molecule has 1 aromatic heterocycles. The highest BCUT2D eigenvalue weighted by Gasteiger charge is 2.12. The van der Waals surface area contributed by atoms with E-state index in [9.17, 15) is 9.59 Å². The fourth-order valence-electron chi connectivity index (χ4n) is 2.75. The molecule has 0 saturated heterocycles. The molecular formula is C21H23N5O3S. The maximum absolute atomic E-state index is 12.5. The summed E-state index contributed by atoms with van der Waals surface area (Å²) >= 11 is 1.32. The Morgan fingerprint density at radius 2 is 1.80 bits per heavy atom. The van der Waals surface area contributed by atoms with Gasteiger partial charge in [0.1, 0.15) is 11.6 Å². The van der Waals surface area contributed by atoms with Crippen molar-refractivity contribution in [1.29, 1.82) is 0 Å². The van der Waals surface area contributed by atoms with Gasteiger partial charge in [0, 0.05) is 24.7 Å². The van der Waals surface area contributed by atoms with E-state index in [2.05, 4.69) is 20.8 Å². The quantitative estimate of drug-likeness (QED) is 0.537. The van der Waals surface area contributed by atoms with Crippen LogP contribution >= 0.6 is 11.8 Å². The molecule has 0 unspecified atom stereocenters. The monoisotopic (exact) mass is 425 g/mol. The first-order chi connectivity index (χ1) is 14.5. The zero-order valence-corrected chi connectivity index (χ0v) is 17.8. The summed E-state index contributed by atoms with van der Waals surface area (Å²) in [6, 6.07) is 13.9. The zero-order valence-electron chi connectivity index (χ0n) is 17.0. The van der Waals surface area contributed by atoms with E-state index in [0.717, 1.165) is 12.2 Å². The van der Waals surface area contributed by atoms with Crippen LogP contribution in [0.25, 0.3) is 0 Å². The molecule has 2 amide bonds. The molecule has 8 nitrogen and oxygen atoms in total. The number of thioether (sulfide) groups is 1. The van der Waals surface area contributed by atoms with Gasteiger partial charge in [0.15, 0.2) is 5.16 Å². The smallest absolute Gasteiger partial charge is 0.255 e. The molecule has 3 aromatic rings. The maximum Gasteiger partial charge on any atom is 0.255 e. The first-order valence-corrected chi connectivity index (χ1v) is 10.4. The molecule has 0 aliphatic heterocycles. The number of rotatable bonds is 8. The first-order valence-electron chi connectivity index (χ1n) is 9.37. The van der Waals surface area contributed by atoms with E-state index in [1.54, 1.807) is 43.5 Å². The molecule has 3 rings (SSSR count). The van der Waals surface area contributed by atoms with E-state index in [4.69, 9.17) is 4.74 Å². The Morgan fingerprint density at radius 1 is 1.07 bits per heavy atom. The van der Waals surface area contributed by atoms with Crippen LogP contribution < -0.4 is 15.4 Å². The minimum Gasteiger partial charge on any atom is -0.495 e. The number of para-hydroxylation sites is 2. The molecule has 0 radical (unpaired) electrons. The Kier molecular flexibility index (Phi) is 7.08. The van der Waals surface area contributed by atoms with Crippen molar-refractivity contribution in [2.45, 2.75) is 18.5 Å². The third-order valence-electron chi connectivity index (χ3n) is 4.36. The van der Waals surface area contributed by atoms with Crippen molar-refractivity contribution in [1.82, 2.24) is 14.8 Å². The average Bonchev–Trinajstić information content (AvgIpc) is 3.12. The summed E-state index contributed by atoms with van der Waals surface area (Å²) < 4.78 is 7.12. The number of carbonyl (C=O) groups is 2. The molecular weight excluding hydrogens is 402 g/mol. The third-order valence-corrected chi connectivity index (χ3v) is 5.38. The number of hydrogen-bond donors (Lipinski definition) is 2. The van der Waals surface area contributed by atoms with Gasteiger partial charge in [0.05, 0.1) is 18.6 Å². The van der Waals surface area contributed by atoms with Crippen LogP contribution in [0.15, 0.2) is 53.7 Å². The molecule has 1 heterocycles. The van der Waals surface area contributed by atoms with Crippen LogP contribution in [0.5, 0.6) is 5.75 Å². The fraction of sp³-hybridized carbons (Fsp3) is 0.238. The topological polar surface area (TPSA) is 98.1 Å². The van der Waals surface area contributed by atoms with Crippen LogP contribution in [-0.2, 0) is 18.3 Å². The second-order valence-electron chi connectivity index (χ2n) is 6.38. The molecule has 0 spiro atoms. The number of carbonyl (C=O) groups excluding carboxylic acids is 2. The number of anilines is 2. The van der Waals surface area contributed by atoms with E-state index in [1.807, 2.05) is 30.7 Å². The Hall–Kier alpha value is -3.33. The molecule has 0 aliphatic rings. The maximum atomic E-state index is 12.5. The number of aromatic nitrogens is 3. The number of methoxy groups -OCH3 is 1. The minimum absolute atomic E-state index is 0.160. The van der Waals surface area contributed by atoms with Crippen molar-refractivity contribution in [2.75, 3.05) is 23.5 Å². The van der Waals surface area contributed by atoms with Gasteiger partial charge in [-0.1, -0.05) is 30.8 Å². The van der Waals surface area contributed by atoms with Crippen molar-refractivity contribution >= 4 is 35.0 Å². The highest BCUT2D eigenvalue weighted by Crippen LogP contribution is 2.24. The van der Waals surface area contributed by atoms with Gasteiger partial charge < -0.3 is 19.9 Å². The minimum atomic E-state index is -0.262. The summed E-state index contributed by atoms with van der Waals surface area (Å²) in [4.78, 5) is 24.7. The van der Waals surface area contributed by atoms with Gasteiger partial charge in [-0.15, -0.1) is 10.2 Å². The average molecular weight is 426 g/mol. The van der Waals surface area contributed by atoms with Crippen LogP contribution in [-0.4, -0.2) is 39.4 Å². The van der Waals surface area contributed by atoms with Gasteiger partial charge in [0.25, 0.3) is 5.91 Å². The predicted molar refractivity (Wildman–Crippen MR) is 117 cm³/mol. The number of benzene rings is 2. The van der Waals surface area contributed by atoms with Crippen molar-refractivity contribution in [3.05, 3.63) is 59.9 Å². The van der Waals surface area contributed by atoms with Gasteiger partial charge in [0.2, 0.25) is 5.91 Å². The Morgan fingerprint density at radius 3 is 2.47 bits per heavy atom. The molecule has 0 saturated carbocycles. The summed E-state index contributed by atoms with van der Waals surface area (Å²) in [7, 11) is 3.43. The summed E-state index contributed by atoms with van der Waals surface area (Å²) in [5.41, 5.74) is 1.68. The SMILES string of the molecule is CCc1nnc(SCC(=O)Nc2ccc(C(=O)Nc3ccccc3OC)cc2)n1C. The van der Waals surface area contributed by atoms with Crippen LogP contribution in [0, 0.1) is 0 Å². The van der Waals surface area contributed by atoms with Crippen LogP contribution in [0.2, 0.25) is 0 Å². The molecule has 0 fully saturated rings. The molecule has 156 valence electrons. The second-order valence-corrected chi connectivity index (χ2v) is 7.32. The Bertz CT molecular complexity index is 1030. The lowest BCUT2D eigenvalue weighted by atomic mass is 10.2. The van der Waals surface area contributed by atoms with Crippen molar-refractivity contribution in [2.24, 2.45) is 7.05 Å². The Labute approximate surface area is 179 Å². The van der Waals surface area contributed by atoms with Crippen LogP contribution in [0.3, 0.4) is 0 Å². The van der Waals surface area contributed by atoms with E-state index in [-0.39, 0.29) is 17.6 Å². The summed E-state index contributed by atoms with van der Waals surface area (Å²) in [6.07, 6.45) is 0.785. The molecule has 9 heteroatoms. The van der Waals surface area contributed by atoms with E-state index in [0.29, 0.717) is 27.8 Å². The van der Waals surface area contributed by atoms with Gasteiger partial charge in [-0.05, 0) is 36.4 Å². The number of hydrogen-bond acceptors (Lipinski definition) is 6. The lowest BCUT2D eigenvalue weighted by Gasteiger charge is -2.10. The molecule has 0 bridgehead atoms. The fourth-order valence-corrected chi connectivity index (χ4v) is 3.48. The van der Waals surface area contributed by atoms with Gasteiger partial charge in [-0.3, -0.25) is 9.59 Å². The standard InChI is InChI=1S/C21H23N5O3S/c1-4-18-24-25-21(26(18)2)30-13-19(27)22-15-11-9-14(10-12-15)20(28)23-16-7-5-6-8-17(16)29-3/h5-12H,4,13H2,1-3H3,(H,22,27)(H,23,28). The summed E-state index contributed by atoms with van der Waals surface area (Å²) in [5, 5.41) is 14.5.